The van der Waals surface area contributed by atoms with Crippen molar-refractivity contribution < 1.29 is 23.4 Å². The second-order valence-electron chi connectivity index (χ2n) is 6.26. The van der Waals surface area contributed by atoms with E-state index in [4.69, 9.17) is 14.2 Å². The van der Waals surface area contributed by atoms with Crippen LogP contribution in [0.1, 0.15) is 37.7 Å². The van der Waals surface area contributed by atoms with E-state index in [2.05, 4.69) is 0 Å². The molecular weight excluding hydrogens is 299 g/mol. The van der Waals surface area contributed by atoms with Crippen molar-refractivity contribution >= 4 is 5.97 Å². The average molecular weight is 322 g/mol. The topological polar surface area (TPSA) is 44.8 Å². The highest BCUT2D eigenvalue weighted by Gasteiger charge is 2.43. The summed E-state index contributed by atoms with van der Waals surface area (Å²) in [4.78, 5) is 12.8. The highest BCUT2D eigenvalue weighted by molar-refractivity contribution is 5.83. The number of rotatable bonds is 5. The van der Waals surface area contributed by atoms with E-state index in [0.29, 0.717) is 32.7 Å². The Labute approximate surface area is 135 Å². The third kappa shape index (κ3) is 3.72. The van der Waals surface area contributed by atoms with E-state index >= 15 is 0 Å². The van der Waals surface area contributed by atoms with Crippen LogP contribution in [0.5, 0.6) is 0 Å². The standard InChI is InChI=1S/C18H23FO4/c19-15-5-3-14(4-6-15)18(8-12-21-13-9-18)17(20)23-11-7-16-2-1-10-22-16/h3-6,16H,1-2,7-13H2/t16-/m0/s1. The molecule has 0 saturated carbocycles. The van der Waals surface area contributed by atoms with Crippen LogP contribution in [0.3, 0.4) is 0 Å². The minimum atomic E-state index is -0.720. The summed E-state index contributed by atoms with van der Waals surface area (Å²) in [5.41, 5.74) is 0.0898. The summed E-state index contributed by atoms with van der Waals surface area (Å²) in [6.07, 6.45) is 4.19. The lowest BCUT2D eigenvalue weighted by Gasteiger charge is -2.35. The van der Waals surface area contributed by atoms with Crippen molar-refractivity contribution in [1.82, 2.24) is 0 Å². The molecule has 4 nitrogen and oxygen atoms in total. The molecule has 126 valence electrons. The molecule has 0 amide bonds. The number of hydrogen-bond acceptors (Lipinski definition) is 4. The zero-order valence-electron chi connectivity index (χ0n) is 13.3. The molecule has 2 fully saturated rings. The van der Waals surface area contributed by atoms with E-state index in [-0.39, 0.29) is 17.9 Å². The molecular formula is C18H23FO4. The van der Waals surface area contributed by atoms with Crippen molar-refractivity contribution in [1.29, 1.82) is 0 Å². The summed E-state index contributed by atoms with van der Waals surface area (Å²) in [6.45, 7) is 2.19. The minimum absolute atomic E-state index is 0.208. The largest absolute Gasteiger partial charge is 0.465 e. The summed E-state index contributed by atoms with van der Waals surface area (Å²) < 4.78 is 29.7. The fraction of sp³-hybridized carbons (Fsp3) is 0.611. The van der Waals surface area contributed by atoms with E-state index in [1.54, 1.807) is 12.1 Å². The number of esters is 1. The van der Waals surface area contributed by atoms with Crippen LogP contribution >= 0.6 is 0 Å². The van der Waals surface area contributed by atoms with Crippen molar-refractivity contribution in [3.63, 3.8) is 0 Å². The van der Waals surface area contributed by atoms with Crippen LogP contribution < -0.4 is 0 Å². The van der Waals surface area contributed by atoms with E-state index in [0.717, 1.165) is 31.4 Å². The minimum Gasteiger partial charge on any atom is -0.465 e. The lowest BCUT2D eigenvalue weighted by molar-refractivity contribution is -0.155. The molecule has 23 heavy (non-hydrogen) atoms. The molecule has 2 aliphatic rings. The molecule has 2 saturated heterocycles. The zero-order chi connectivity index (χ0) is 16.1. The number of benzene rings is 1. The average Bonchev–Trinajstić information content (AvgIpc) is 3.09. The Kier molecular flexibility index (Phi) is 5.28. The summed E-state index contributed by atoms with van der Waals surface area (Å²) >= 11 is 0. The maximum absolute atomic E-state index is 13.2. The number of carbonyl (C=O) groups is 1. The molecule has 1 atom stereocenters. The Morgan fingerprint density at radius 2 is 1.96 bits per heavy atom. The fourth-order valence-electron chi connectivity index (χ4n) is 3.39. The van der Waals surface area contributed by atoms with Gasteiger partial charge in [0.1, 0.15) is 5.82 Å². The van der Waals surface area contributed by atoms with Crippen LogP contribution in [-0.2, 0) is 24.4 Å². The highest BCUT2D eigenvalue weighted by atomic mass is 19.1. The second kappa shape index (κ2) is 7.41. The van der Waals surface area contributed by atoms with Gasteiger partial charge in [0.15, 0.2) is 0 Å². The van der Waals surface area contributed by atoms with Gasteiger partial charge in [-0.25, -0.2) is 4.39 Å². The molecule has 0 bridgehead atoms. The first-order valence-corrected chi connectivity index (χ1v) is 8.33. The Bertz CT molecular complexity index is 516. The second-order valence-corrected chi connectivity index (χ2v) is 6.26. The van der Waals surface area contributed by atoms with Crippen LogP contribution in [0, 0.1) is 5.82 Å². The molecule has 1 aromatic carbocycles. The molecule has 0 spiro atoms. The maximum atomic E-state index is 13.2. The van der Waals surface area contributed by atoms with E-state index in [9.17, 15) is 9.18 Å². The summed E-state index contributed by atoms with van der Waals surface area (Å²) in [7, 11) is 0. The first-order chi connectivity index (χ1) is 11.2. The molecule has 0 aliphatic carbocycles. The van der Waals surface area contributed by atoms with Crippen LogP contribution in [0.25, 0.3) is 0 Å². The molecule has 0 unspecified atom stereocenters. The Balaban J connectivity index is 1.67. The zero-order valence-corrected chi connectivity index (χ0v) is 13.3. The SMILES string of the molecule is O=C(OCC[C@@H]1CCCO1)C1(c2ccc(F)cc2)CCOCC1. The Morgan fingerprint density at radius 1 is 1.22 bits per heavy atom. The lowest BCUT2D eigenvalue weighted by atomic mass is 9.74. The van der Waals surface area contributed by atoms with Gasteiger partial charge in [-0.2, -0.15) is 0 Å². The van der Waals surface area contributed by atoms with Gasteiger partial charge in [0.25, 0.3) is 0 Å². The predicted octanol–water partition coefficient (Wildman–Crippen LogP) is 2.99. The molecule has 1 aromatic rings. The summed E-state index contributed by atoms with van der Waals surface area (Å²) in [5, 5.41) is 0. The van der Waals surface area contributed by atoms with Crippen molar-refractivity contribution in [2.75, 3.05) is 26.4 Å². The van der Waals surface area contributed by atoms with Gasteiger partial charge < -0.3 is 14.2 Å². The van der Waals surface area contributed by atoms with Crippen LogP contribution in [0.15, 0.2) is 24.3 Å². The molecule has 0 aromatic heterocycles. The lowest BCUT2D eigenvalue weighted by Crippen LogP contribution is -2.42. The first kappa shape index (κ1) is 16.4. The third-order valence-electron chi connectivity index (χ3n) is 4.83. The third-order valence-corrected chi connectivity index (χ3v) is 4.83. The molecule has 2 heterocycles. The van der Waals surface area contributed by atoms with E-state index < -0.39 is 5.41 Å². The fourth-order valence-corrected chi connectivity index (χ4v) is 3.39. The normalized spacial score (nSPS) is 23.6. The van der Waals surface area contributed by atoms with Crippen molar-refractivity contribution in [2.24, 2.45) is 0 Å². The van der Waals surface area contributed by atoms with Crippen molar-refractivity contribution in [2.45, 2.75) is 43.6 Å². The van der Waals surface area contributed by atoms with Crippen molar-refractivity contribution in [3.05, 3.63) is 35.6 Å². The van der Waals surface area contributed by atoms with Crippen molar-refractivity contribution in [3.8, 4) is 0 Å². The van der Waals surface area contributed by atoms with Crippen LogP contribution in [0.4, 0.5) is 4.39 Å². The van der Waals surface area contributed by atoms with Gasteiger partial charge in [-0.3, -0.25) is 4.79 Å². The highest BCUT2D eigenvalue weighted by Crippen LogP contribution is 2.36. The van der Waals surface area contributed by atoms with Crippen LogP contribution in [0.2, 0.25) is 0 Å². The Hall–Kier alpha value is -1.46. The molecule has 3 rings (SSSR count). The maximum Gasteiger partial charge on any atom is 0.316 e. The number of carbonyl (C=O) groups excluding carboxylic acids is 1. The van der Waals surface area contributed by atoms with E-state index in [1.807, 2.05) is 0 Å². The molecule has 2 aliphatic heterocycles. The Morgan fingerprint density at radius 3 is 2.61 bits per heavy atom. The number of ether oxygens (including phenoxy) is 3. The van der Waals surface area contributed by atoms with Gasteiger partial charge in [-0.1, -0.05) is 12.1 Å². The first-order valence-electron chi connectivity index (χ1n) is 8.33. The summed E-state index contributed by atoms with van der Waals surface area (Å²) in [6, 6.07) is 6.16. The monoisotopic (exact) mass is 322 g/mol. The van der Waals surface area contributed by atoms with Gasteiger partial charge in [-0.05, 0) is 43.4 Å². The van der Waals surface area contributed by atoms with Crippen LogP contribution in [-0.4, -0.2) is 38.5 Å². The van der Waals surface area contributed by atoms with Gasteiger partial charge in [0.05, 0.1) is 18.1 Å². The molecule has 0 radical (unpaired) electrons. The smallest absolute Gasteiger partial charge is 0.316 e. The molecule has 5 heteroatoms. The van der Waals surface area contributed by atoms with E-state index in [1.165, 1.54) is 12.1 Å². The van der Waals surface area contributed by atoms with Gasteiger partial charge in [0.2, 0.25) is 0 Å². The van der Waals surface area contributed by atoms with Gasteiger partial charge >= 0.3 is 5.97 Å². The molecule has 0 N–H and O–H groups in total. The predicted molar refractivity (Wildman–Crippen MR) is 82.7 cm³/mol. The number of hydrogen-bond donors (Lipinski definition) is 0. The quantitative estimate of drug-likeness (QED) is 0.782. The van der Waals surface area contributed by atoms with Gasteiger partial charge in [0, 0.05) is 26.2 Å². The summed E-state index contributed by atoms with van der Waals surface area (Å²) in [5.74, 6) is -0.534. The number of halogens is 1. The van der Waals surface area contributed by atoms with Gasteiger partial charge in [-0.15, -0.1) is 0 Å².